The molecule has 0 N–H and O–H groups in total. The number of nitrogens with zero attached hydrogens (tertiary/aromatic N) is 1. The van der Waals surface area contributed by atoms with Crippen LogP contribution in [0.4, 0.5) is 5.69 Å². The van der Waals surface area contributed by atoms with Crippen molar-refractivity contribution >= 4 is 5.69 Å². The smallest absolute Gasteiger partial charge is 0.0461 e. The van der Waals surface area contributed by atoms with Gasteiger partial charge in [-0.05, 0) is 62.0 Å². The van der Waals surface area contributed by atoms with Gasteiger partial charge in [-0.3, -0.25) is 0 Å². The highest BCUT2D eigenvalue weighted by Crippen LogP contribution is 2.33. The van der Waals surface area contributed by atoms with Gasteiger partial charge in [0.1, 0.15) is 0 Å². The molecule has 0 heterocycles. The molecule has 2 unspecified atom stereocenters. The minimum Gasteiger partial charge on any atom is -0.311 e. The highest BCUT2D eigenvalue weighted by Gasteiger charge is 2.19. The summed E-state index contributed by atoms with van der Waals surface area (Å²) in [6.45, 7) is 19.1. The van der Waals surface area contributed by atoms with E-state index in [9.17, 15) is 0 Å². The Balaban J connectivity index is 0.00000101. The van der Waals surface area contributed by atoms with Crippen LogP contribution in [0.1, 0.15) is 71.8 Å². The van der Waals surface area contributed by atoms with Crippen LogP contribution in [0.3, 0.4) is 0 Å². The lowest BCUT2D eigenvalue weighted by Crippen LogP contribution is -2.22. The van der Waals surface area contributed by atoms with E-state index in [1.807, 2.05) is 0 Å². The topological polar surface area (TPSA) is 3.24 Å². The third kappa shape index (κ3) is 6.23. The number of rotatable bonds is 6. The van der Waals surface area contributed by atoms with Gasteiger partial charge in [-0.2, -0.15) is 0 Å². The van der Waals surface area contributed by atoms with Gasteiger partial charge >= 0.3 is 0 Å². The summed E-state index contributed by atoms with van der Waals surface area (Å²) in [7, 11) is 0. The first kappa shape index (κ1) is 23.7. The van der Waals surface area contributed by atoms with Gasteiger partial charge in [0.2, 0.25) is 0 Å². The molecule has 1 heteroatoms. The van der Waals surface area contributed by atoms with Crippen molar-refractivity contribution in [1.82, 2.24) is 0 Å². The average molecular weight is 402 g/mol. The van der Waals surface area contributed by atoms with Gasteiger partial charge in [0, 0.05) is 23.0 Å². The van der Waals surface area contributed by atoms with Crippen molar-refractivity contribution in [1.29, 1.82) is 0 Å². The molecule has 1 aromatic carbocycles. The maximum Gasteiger partial charge on any atom is 0.0461 e. The van der Waals surface area contributed by atoms with Crippen LogP contribution in [0, 0.1) is 5.92 Å². The monoisotopic (exact) mass is 401 g/mol. The minimum absolute atomic E-state index is 0.444. The van der Waals surface area contributed by atoms with Crippen LogP contribution >= 0.6 is 0 Å². The van der Waals surface area contributed by atoms with Crippen molar-refractivity contribution in [2.45, 2.75) is 66.2 Å². The zero-order valence-corrected chi connectivity index (χ0v) is 19.6. The van der Waals surface area contributed by atoms with Crippen LogP contribution in [0.25, 0.3) is 0 Å². The number of anilines is 1. The average Bonchev–Trinajstić information content (AvgIpc) is 2.76. The second kappa shape index (κ2) is 11.6. The van der Waals surface area contributed by atoms with E-state index in [0.717, 1.165) is 24.8 Å². The number of hydrogen-bond acceptors (Lipinski definition) is 1. The Morgan fingerprint density at radius 3 is 2.13 bits per heavy atom. The molecule has 1 nitrogen and oxygen atoms in total. The normalized spacial score (nSPS) is 18.7. The Morgan fingerprint density at radius 2 is 1.67 bits per heavy atom. The summed E-state index contributed by atoms with van der Waals surface area (Å²) in [6, 6.07) is 9.04. The Hall–Kier alpha value is -2.54. The van der Waals surface area contributed by atoms with Crippen molar-refractivity contribution in [2.24, 2.45) is 5.92 Å². The minimum atomic E-state index is 0.444. The lowest BCUT2D eigenvalue weighted by atomic mass is 9.92. The van der Waals surface area contributed by atoms with Gasteiger partial charge in [-0.1, -0.05) is 94.9 Å². The molecule has 1 aromatic rings. The third-order valence-electron chi connectivity index (χ3n) is 5.63. The molecular weight excluding hydrogens is 362 g/mol. The molecule has 0 fully saturated rings. The first-order chi connectivity index (χ1) is 14.4. The van der Waals surface area contributed by atoms with Crippen molar-refractivity contribution in [3.05, 3.63) is 102 Å². The third-order valence-corrected chi connectivity index (χ3v) is 5.63. The van der Waals surface area contributed by atoms with E-state index >= 15 is 0 Å². The Morgan fingerprint density at radius 1 is 1.03 bits per heavy atom. The maximum absolute atomic E-state index is 4.11. The van der Waals surface area contributed by atoms with Crippen LogP contribution in [0.5, 0.6) is 0 Å². The van der Waals surface area contributed by atoms with Crippen LogP contribution in [0.2, 0.25) is 0 Å². The van der Waals surface area contributed by atoms with E-state index in [-0.39, 0.29) is 0 Å². The fraction of sp³-hybridized carbons (Fsp3) is 0.379. The van der Waals surface area contributed by atoms with Crippen LogP contribution < -0.4 is 4.90 Å². The number of allylic oxidation sites excluding steroid dienone is 8. The molecule has 0 aliphatic heterocycles. The number of benzene rings is 1. The van der Waals surface area contributed by atoms with Crippen LogP contribution in [-0.4, -0.2) is 0 Å². The summed E-state index contributed by atoms with van der Waals surface area (Å²) in [5.41, 5.74) is 7.42. The predicted molar refractivity (Wildman–Crippen MR) is 135 cm³/mol. The Bertz CT molecular complexity index is 845. The van der Waals surface area contributed by atoms with Gasteiger partial charge in [0.25, 0.3) is 0 Å². The van der Waals surface area contributed by atoms with Crippen molar-refractivity contribution in [3.8, 4) is 0 Å². The molecule has 160 valence electrons. The summed E-state index contributed by atoms with van der Waals surface area (Å²) in [5.74, 6) is 1.04. The van der Waals surface area contributed by atoms with Gasteiger partial charge in [0.05, 0.1) is 0 Å². The molecular formula is C29H39N. The summed E-state index contributed by atoms with van der Waals surface area (Å²) < 4.78 is 0. The van der Waals surface area contributed by atoms with Crippen molar-refractivity contribution < 1.29 is 0 Å². The van der Waals surface area contributed by atoms with Gasteiger partial charge in [-0.15, -0.1) is 0 Å². The van der Waals surface area contributed by atoms with Gasteiger partial charge in [-0.25, -0.2) is 0 Å². The van der Waals surface area contributed by atoms with E-state index < -0.39 is 0 Å². The molecule has 0 aromatic heterocycles. The first-order valence-corrected chi connectivity index (χ1v) is 11.4. The van der Waals surface area contributed by atoms with E-state index in [1.165, 1.54) is 34.6 Å². The Kier molecular flexibility index (Phi) is 9.17. The van der Waals surface area contributed by atoms with Crippen molar-refractivity contribution in [2.75, 3.05) is 4.90 Å². The van der Waals surface area contributed by atoms with E-state index in [1.54, 1.807) is 0 Å². The highest BCUT2D eigenvalue weighted by molar-refractivity contribution is 5.64. The van der Waals surface area contributed by atoms with Gasteiger partial charge < -0.3 is 4.90 Å². The summed E-state index contributed by atoms with van der Waals surface area (Å²) in [5, 5.41) is 0. The lowest BCUT2D eigenvalue weighted by molar-refractivity contribution is 0.733. The largest absolute Gasteiger partial charge is 0.311 e. The molecule has 0 amide bonds. The summed E-state index contributed by atoms with van der Waals surface area (Å²) in [6.07, 6.45) is 17.7. The summed E-state index contributed by atoms with van der Waals surface area (Å²) >= 11 is 0. The molecule has 2 aliphatic carbocycles. The molecule has 2 atom stereocenters. The quantitative estimate of drug-likeness (QED) is 0.430. The molecule has 2 aliphatic rings. The van der Waals surface area contributed by atoms with E-state index in [0.29, 0.717) is 11.8 Å². The second-order valence-corrected chi connectivity index (χ2v) is 8.44. The fourth-order valence-electron chi connectivity index (χ4n) is 3.52. The summed E-state index contributed by atoms with van der Waals surface area (Å²) in [4.78, 5) is 2.36. The zero-order valence-electron chi connectivity index (χ0n) is 19.6. The van der Waals surface area contributed by atoms with Gasteiger partial charge in [0.15, 0.2) is 0 Å². The maximum atomic E-state index is 4.11. The van der Waals surface area contributed by atoms with Crippen LogP contribution in [0.15, 0.2) is 96.4 Å². The first-order valence-electron chi connectivity index (χ1n) is 11.4. The fourth-order valence-corrected chi connectivity index (χ4v) is 3.52. The van der Waals surface area contributed by atoms with Crippen LogP contribution in [-0.2, 0) is 0 Å². The zero-order chi connectivity index (χ0) is 22.1. The molecule has 0 radical (unpaired) electrons. The standard InChI is InChI=1S/C26H31N.C3H8/c1-6-21(5)23-11-17-26(18-12-23)27(24-13-7-20(4)8-14-24)25-15-9-22(10-16-25)19(2)3;1-3-2/h7,9,11-18,21-22H,2,4,6,8,10H2,1,3,5H3;3H2,1-2H3. The number of hydrogen-bond donors (Lipinski definition) is 0. The predicted octanol–water partition coefficient (Wildman–Crippen LogP) is 8.86. The lowest BCUT2D eigenvalue weighted by Gasteiger charge is -2.31. The van der Waals surface area contributed by atoms with E-state index in [4.69, 9.17) is 0 Å². The molecule has 0 spiro atoms. The SMILES string of the molecule is C=C1C=CC(N(C2=CCC(C(=C)C)C=C2)c2ccc(C(C)CC)cc2)=CC1.CCC. The molecule has 0 saturated carbocycles. The molecule has 0 saturated heterocycles. The highest BCUT2D eigenvalue weighted by atomic mass is 15.2. The second-order valence-electron chi connectivity index (χ2n) is 8.44. The Labute approximate surface area is 184 Å². The molecule has 0 bridgehead atoms. The van der Waals surface area contributed by atoms with E-state index in [2.05, 4.69) is 113 Å². The van der Waals surface area contributed by atoms with Crippen molar-refractivity contribution in [3.63, 3.8) is 0 Å². The molecule has 3 rings (SSSR count). The molecule has 30 heavy (non-hydrogen) atoms.